The summed E-state index contributed by atoms with van der Waals surface area (Å²) in [6.07, 6.45) is 0.729. The molecule has 0 aliphatic carbocycles. The maximum Gasteiger partial charge on any atom is 0.262 e. The molecule has 2 aromatic carbocycles. The molecule has 0 saturated carbocycles. The van der Waals surface area contributed by atoms with Gasteiger partial charge in [0.2, 0.25) is 5.91 Å². The molecule has 0 aromatic heterocycles. The van der Waals surface area contributed by atoms with Gasteiger partial charge >= 0.3 is 0 Å². The predicted molar refractivity (Wildman–Crippen MR) is 88.9 cm³/mol. The van der Waals surface area contributed by atoms with Crippen molar-refractivity contribution in [2.45, 2.75) is 12.8 Å². The van der Waals surface area contributed by atoms with Gasteiger partial charge in [0.15, 0.2) is 6.61 Å². The molecule has 7 heteroatoms. The van der Waals surface area contributed by atoms with E-state index in [1.54, 1.807) is 12.1 Å². The number of rotatable bonds is 4. The zero-order chi connectivity index (χ0) is 17.1. The monoisotopic (exact) mass is 348 g/mol. The summed E-state index contributed by atoms with van der Waals surface area (Å²) in [6, 6.07) is 9.41. The molecule has 1 aliphatic heterocycles. The molecule has 1 heterocycles. The lowest BCUT2D eigenvalue weighted by Gasteiger charge is -2.18. The number of hydrogen-bond acceptors (Lipinski definition) is 3. The van der Waals surface area contributed by atoms with Crippen molar-refractivity contribution >= 4 is 34.8 Å². The number of anilines is 2. The van der Waals surface area contributed by atoms with Crippen LogP contribution in [-0.2, 0) is 16.0 Å². The average Bonchev–Trinajstić information content (AvgIpc) is 2.56. The Balaban J connectivity index is 1.59. The van der Waals surface area contributed by atoms with Crippen molar-refractivity contribution in [2.24, 2.45) is 0 Å². The number of carbonyl (C=O) groups is 2. The lowest BCUT2D eigenvalue weighted by atomic mass is 10.1. The average molecular weight is 349 g/mol. The molecule has 124 valence electrons. The quantitative estimate of drug-likeness (QED) is 0.890. The van der Waals surface area contributed by atoms with Crippen LogP contribution in [0.15, 0.2) is 36.4 Å². The third-order valence-electron chi connectivity index (χ3n) is 3.52. The first-order chi connectivity index (χ1) is 11.5. The number of carbonyl (C=O) groups excluding carboxylic acids is 2. The second-order valence-electron chi connectivity index (χ2n) is 5.34. The summed E-state index contributed by atoms with van der Waals surface area (Å²) in [7, 11) is 0. The maximum atomic E-state index is 13.1. The first-order valence-electron chi connectivity index (χ1n) is 7.32. The topological polar surface area (TPSA) is 67.4 Å². The minimum atomic E-state index is -0.534. The summed E-state index contributed by atoms with van der Waals surface area (Å²) in [4.78, 5) is 23.3. The highest BCUT2D eigenvalue weighted by Crippen LogP contribution is 2.29. The molecule has 3 rings (SSSR count). The van der Waals surface area contributed by atoms with E-state index in [1.165, 1.54) is 18.2 Å². The lowest BCUT2D eigenvalue weighted by molar-refractivity contribution is -0.118. The van der Waals surface area contributed by atoms with E-state index in [2.05, 4.69) is 10.6 Å². The molecule has 0 saturated heterocycles. The van der Waals surface area contributed by atoms with E-state index < -0.39 is 5.82 Å². The number of nitrogens with one attached hydrogen (secondary N) is 2. The van der Waals surface area contributed by atoms with Crippen molar-refractivity contribution in [3.8, 4) is 5.75 Å². The van der Waals surface area contributed by atoms with Crippen LogP contribution >= 0.6 is 11.6 Å². The number of hydrogen-bond donors (Lipinski definition) is 2. The minimum Gasteiger partial charge on any atom is -0.482 e. The van der Waals surface area contributed by atoms with Crippen LogP contribution in [0.5, 0.6) is 5.75 Å². The van der Waals surface area contributed by atoms with Crippen LogP contribution in [0.4, 0.5) is 15.8 Å². The van der Waals surface area contributed by atoms with Crippen LogP contribution in [-0.4, -0.2) is 18.4 Å². The Hall–Kier alpha value is -2.60. The lowest BCUT2D eigenvalue weighted by Crippen LogP contribution is -2.25. The van der Waals surface area contributed by atoms with E-state index in [-0.39, 0.29) is 29.9 Å². The number of amides is 2. The first-order valence-corrected chi connectivity index (χ1v) is 7.69. The highest BCUT2D eigenvalue weighted by Gasteiger charge is 2.16. The number of ether oxygens (including phenoxy) is 1. The number of fused-ring (bicyclic) bond motifs is 1. The summed E-state index contributed by atoms with van der Waals surface area (Å²) in [5, 5.41) is 5.35. The van der Waals surface area contributed by atoms with Gasteiger partial charge in [0, 0.05) is 12.1 Å². The van der Waals surface area contributed by atoms with Gasteiger partial charge < -0.3 is 15.4 Å². The summed E-state index contributed by atoms with van der Waals surface area (Å²) in [5.74, 6) is -0.335. The first kappa shape index (κ1) is 16.3. The Bertz CT molecular complexity index is 810. The van der Waals surface area contributed by atoms with Crippen molar-refractivity contribution in [1.29, 1.82) is 0 Å². The van der Waals surface area contributed by atoms with Gasteiger partial charge in [-0.05, 0) is 42.3 Å². The molecule has 1 aliphatic rings. The molecular weight excluding hydrogens is 335 g/mol. The van der Waals surface area contributed by atoms with E-state index in [0.717, 1.165) is 5.56 Å². The van der Waals surface area contributed by atoms with Crippen molar-refractivity contribution < 1.29 is 18.7 Å². The Morgan fingerprint density at radius 3 is 2.92 bits per heavy atom. The van der Waals surface area contributed by atoms with Gasteiger partial charge in [0.05, 0.1) is 10.7 Å². The van der Waals surface area contributed by atoms with Gasteiger partial charge in [-0.1, -0.05) is 17.7 Å². The third-order valence-corrected chi connectivity index (χ3v) is 3.81. The van der Waals surface area contributed by atoms with E-state index >= 15 is 0 Å². The molecule has 0 spiro atoms. The van der Waals surface area contributed by atoms with Crippen molar-refractivity contribution in [3.05, 3.63) is 52.8 Å². The van der Waals surface area contributed by atoms with Gasteiger partial charge in [-0.2, -0.15) is 0 Å². The van der Waals surface area contributed by atoms with Gasteiger partial charge in [-0.15, -0.1) is 0 Å². The number of benzene rings is 2. The molecule has 5 nitrogen and oxygen atoms in total. The van der Waals surface area contributed by atoms with Crippen molar-refractivity contribution in [2.75, 3.05) is 17.2 Å². The number of aryl methyl sites for hydroxylation is 1. The molecular formula is C17H14ClFN2O3. The van der Waals surface area contributed by atoms with Crippen LogP contribution in [0.3, 0.4) is 0 Å². The Morgan fingerprint density at radius 1 is 1.29 bits per heavy atom. The van der Waals surface area contributed by atoms with Crippen LogP contribution < -0.4 is 15.4 Å². The summed E-state index contributed by atoms with van der Waals surface area (Å²) >= 11 is 5.68. The normalized spacial score (nSPS) is 12.8. The SMILES string of the molecule is O=C(CCc1ccc2c(c1)NC(=O)CO2)Nc1ccc(F)c(Cl)c1. The molecule has 2 amide bonds. The third kappa shape index (κ3) is 3.83. The zero-order valence-electron chi connectivity index (χ0n) is 12.6. The largest absolute Gasteiger partial charge is 0.482 e. The fourth-order valence-corrected chi connectivity index (χ4v) is 2.52. The van der Waals surface area contributed by atoms with Crippen LogP contribution in [0.1, 0.15) is 12.0 Å². The molecule has 0 bridgehead atoms. The molecule has 24 heavy (non-hydrogen) atoms. The fraction of sp³-hybridized carbons (Fsp3) is 0.176. The minimum absolute atomic E-state index is 0.00891. The number of halogens is 2. The second-order valence-corrected chi connectivity index (χ2v) is 5.75. The van der Waals surface area contributed by atoms with E-state index in [4.69, 9.17) is 16.3 Å². The van der Waals surface area contributed by atoms with E-state index in [9.17, 15) is 14.0 Å². The molecule has 2 aromatic rings. The Morgan fingerprint density at radius 2 is 2.12 bits per heavy atom. The predicted octanol–water partition coefficient (Wildman–Crippen LogP) is 3.38. The van der Waals surface area contributed by atoms with Crippen molar-refractivity contribution in [1.82, 2.24) is 0 Å². The van der Waals surface area contributed by atoms with E-state index in [0.29, 0.717) is 23.5 Å². The van der Waals surface area contributed by atoms with Crippen LogP contribution in [0.25, 0.3) is 0 Å². The van der Waals surface area contributed by atoms with Crippen molar-refractivity contribution in [3.63, 3.8) is 0 Å². The zero-order valence-corrected chi connectivity index (χ0v) is 13.3. The van der Waals surface area contributed by atoms with Gasteiger partial charge in [-0.25, -0.2) is 4.39 Å². The molecule has 0 fully saturated rings. The standard InChI is InChI=1S/C17H14ClFN2O3/c18-12-8-11(3-4-13(12)19)20-16(22)6-2-10-1-5-15-14(7-10)21-17(23)9-24-15/h1,3-5,7-8H,2,6,9H2,(H,20,22)(H,21,23). The smallest absolute Gasteiger partial charge is 0.262 e. The summed E-state index contributed by atoms with van der Waals surface area (Å²) in [6.45, 7) is 0.00891. The Labute approximate surface area is 142 Å². The highest BCUT2D eigenvalue weighted by molar-refractivity contribution is 6.31. The van der Waals surface area contributed by atoms with Gasteiger partial charge in [-0.3, -0.25) is 9.59 Å². The maximum absolute atomic E-state index is 13.1. The Kier molecular flexibility index (Phi) is 4.66. The fourth-order valence-electron chi connectivity index (χ4n) is 2.34. The summed E-state index contributed by atoms with van der Waals surface area (Å²) < 4.78 is 18.4. The summed E-state index contributed by atoms with van der Waals surface area (Å²) in [5.41, 5.74) is 1.94. The molecule has 2 N–H and O–H groups in total. The highest BCUT2D eigenvalue weighted by atomic mass is 35.5. The van der Waals surface area contributed by atoms with Crippen LogP contribution in [0, 0.1) is 5.82 Å². The van der Waals surface area contributed by atoms with Gasteiger partial charge in [0.25, 0.3) is 5.91 Å². The van der Waals surface area contributed by atoms with E-state index in [1.807, 2.05) is 6.07 Å². The molecule has 0 atom stereocenters. The van der Waals surface area contributed by atoms with Gasteiger partial charge in [0.1, 0.15) is 11.6 Å². The van der Waals surface area contributed by atoms with Crippen LogP contribution in [0.2, 0.25) is 5.02 Å². The molecule has 0 radical (unpaired) electrons. The second kappa shape index (κ2) is 6.88. The molecule has 0 unspecified atom stereocenters.